The zero-order chi connectivity index (χ0) is 25.8. The number of carboxylic acids is 1. The fourth-order valence-corrected chi connectivity index (χ4v) is 6.66. The summed E-state index contributed by atoms with van der Waals surface area (Å²) >= 11 is 0. The second-order valence-electron chi connectivity index (χ2n) is 11.1. The van der Waals surface area contributed by atoms with Crippen LogP contribution in [0.3, 0.4) is 0 Å². The highest BCUT2D eigenvalue weighted by molar-refractivity contribution is 5.73. The molecule has 3 aliphatic rings. The molecule has 0 amide bonds. The van der Waals surface area contributed by atoms with E-state index in [0.29, 0.717) is 18.5 Å². The van der Waals surface area contributed by atoms with Gasteiger partial charge in [0.25, 0.3) is 0 Å². The molecule has 5 rings (SSSR count). The molecule has 3 heterocycles. The van der Waals surface area contributed by atoms with Gasteiger partial charge in [-0.3, -0.25) is 9.69 Å². The maximum Gasteiger partial charge on any atom is 0.320 e. The fraction of sp³-hybridized carbons (Fsp3) is 0.621. The molecule has 2 aliphatic heterocycles. The first-order valence-electron chi connectivity index (χ1n) is 14.0. The van der Waals surface area contributed by atoms with Gasteiger partial charge >= 0.3 is 5.97 Å². The van der Waals surface area contributed by atoms with Crippen molar-refractivity contribution in [2.45, 2.75) is 63.5 Å². The third kappa shape index (κ3) is 6.12. The van der Waals surface area contributed by atoms with Crippen LogP contribution in [0.2, 0.25) is 0 Å². The Labute approximate surface area is 219 Å². The summed E-state index contributed by atoms with van der Waals surface area (Å²) in [4.78, 5) is 28.2. The highest BCUT2D eigenvalue weighted by atomic mass is 19.1. The van der Waals surface area contributed by atoms with E-state index in [1.165, 1.54) is 12.5 Å². The molecule has 2 saturated heterocycles. The van der Waals surface area contributed by atoms with Crippen molar-refractivity contribution in [2.75, 3.05) is 44.2 Å². The molecule has 3 atom stereocenters. The summed E-state index contributed by atoms with van der Waals surface area (Å²) in [6, 6.07) is 8.75. The average Bonchev–Trinajstić information content (AvgIpc) is 3.28. The molecule has 1 aromatic carbocycles. The SMILES string of the molecule is CCN(c1ncccn1)C1CCN(CC2CN(C(CC3CCC3)C(=O)O)CC2c2cccc(F)c2)CC1. The number of aromatic nitrogens is 2. The van der Waals surface area contributed by atoms with E-state index in [0.717, 1.165) is 76.3 Å². The Morgan fingerprint density at radius 3 is 2.51 bits per heavy atom. The van der Waals surface area contributed by atoms with Gasteiger partial charge in [0.1, 0.15) is 11.9 Å². The molecule has 37 heavy (non-hydrogen) atoms. The molecular formula is C29H40FN5O2. The smallest absolute Gasteiger partial charge is 0.320 e. The van der Waals surface area contributed by atoms with Gasteiger partial charge in [-0.05, 0) is 61.8 Å². The normalized spacial score (nSPS) is 24.6. The number of piperidine rings is 1. The Kier molecular flexibility index (Phi) is 8.35. The predicted molar refractivity (Wildman–Crippen MR) is 142 cm³/mol. The Balaban J connectivity index is 1.26. The lowest BCUT2D eigenvalue weighted by molar-refractivity contribution is -0.144. The first-order valence-corrected chi connectivity index (χ1v) is 14.0. The number of rotatable bonds is 10. The lowest BCUT2D eigenvalue weighted by Crippen LogP contribution is -2.47. The van der Waals surface area contributed by atoms with E-state index >= 15 is 0 Å². The fourth-order valence-electron chi connectivity index (χ4n) is 6.66. The van der Waals surface area contributed by atoms with Crippen LogP contribution in [0.4, 0.5) is 10.3 Å². The molecule has 1 saturated carbocycles. The van der Waals surface area contributed by atoms with Crippen LogP contribution in [0.5, 0.6) is 0 Å². The number of benzene rings is 1. The molecule has 3 unspecified atom stereocenters. The van der Waals surface area contributed by atoms with Gasteiger partial charge in [-0.25, -0.2) is 14.4 Å². The molecule has 8 heteroatoms. The molecule has 0 bridgehead atoms. The molecule has 0 spiro atoms. The van der Waals surface area contributed by atoms with Gasteiger partial charge in [0.2, 0.25) is 5.95 Å². The van der Waals surface area contributed by atoms with E-state index in [4.69, 9.17) is 0 Å². The maximum atomic E-state index is 14.2. The molecule has 200 valence electrons. The van der Waals surface area contributed by atoms with Crippen molar-refractivity contribution in [3.8, 4) is 0 Å². The highest BCUT2D eigenvalue weighted by Gasteiger charge is 2.41. The molecule has 2 aromatic rings. The molecule has 1 N–H and O–H groups in total. The number of carboxylic acid groups (broad SMARTS) is 1. The van der Waals surface area contributed by atoms with E-state index in [1.54, 1.807) is 24.5 Å². The number of hydrogen-bond donors (Lipinski definition) is 1. The Bertz CT molecular complexity index is 1030. The Hall–Kier alpha value is -2.58. The number of hydrogen-bond acceptors (Lipinski definition) is 6. The summed E-state index contributed by atoms with van der Waals surface area (Å²) in [6.45, 7) is 7.37. The van der Waals surface area contributed by atoms with Gasteiger partial charge < -0.3 is 14.9 Å². The molecule has 1 aromatic heterocycles. The van der Waals surface area contributed by atoms with Gasteiger partial charge in [-0.1, -0.05) is 31.4 Å². The number of carbonyl (C=O) groups is 1. The number of likely N-dealkylation sites (tertiary alicyclic amines) is 2. The van der Waals surface area contributed by atoms with Crippen LogP contribution in [0.1, 0.15) is 56.9 Å². The summed E-state index contributed by atoms with van der Waals surface area (Å²) in [5, 5.41) is 10.1. The van der Waals surface area contributed by atoms with E-state index < -0.39 is 12.0 Å². The molecule has 3 fully saturated rings. The van der Waals surface area contributed by atoms with Crippen LogP contribution in [-0.2, 0) is 4.79 Å². The standard InChI is InChI=1S/C29H40FN5O2/c1-2-35(29-31-12-5-13-32-29)25-10-14-33(15-11-25)18-23-19-34(27(28(36)37)16-21-6-3-7-21)20-26(23)22-8-4-9-24(30)17-22/h4-5,8-9,12-13,17,21,23,25-27H,2-3,6-7,10-11,14-16,18-20H2,1H3,(H,36,37). The van der Waals surface area contributed by atoms with Crippen LogP contribution in [0, 0.1) is 17.7 Å². The molecule has 0 radical (unpaired) electrons. The van der Waals surface area contributed by atoms with Gasteiger partial charge in [0.15, 0.2) is 0 Å². The predicted octanol–water partition coefficient (Wildman–Crippen LogP) is 4.27. The first-order chi connectivity index (χ1) is 18.0. The van der Waals surface area contributed by atoms with Gasteiger partial charge in [-0.2, -0.15) is 0 Å². The summed E-state index contributed by atoms with van der Waals surface area (Å²) in [7, 11) is 0. The third-order valence-electron chi connectivity index (χ3n) is 8.89. The largest absolute Gasteiger partial charge is 0.480 e. The van der Waals surface area contributed by atoms with Crippen molar-refractivity contribution in [2.24, 2.45) is 11.8 Å². The average molecular weight is 510 g/mol. The molecule has 1 aliphatic carbocycles. The van der Waals surface area contributed by atoms with E-state index in [-0.39, 0.29) is 17.7 Å². The zero-order valence-corrected chi connectivity index (χ0v) is 21.9. The van der Waals surface area contributed by atoms with Crippen molar-refractivity contribution < 1.29 is 14.3 Å². The number of aliphatic carboxylic acids is 1. The van der Waals surface area contributed by atoms with Crippen molar-refractivity contribution >= 4 is 11.9 Å². The first kappa shape index (κ1) is 26.0. The van der Waals surface area contributed by atoms with Crippen molar-refractivity contribution in [3.05, 3.63) is 54.1 Å². The zero-order valence-electron chi connectivity index (χ0n) is 21.9. The second-order valence-corrected chi connectivity index (χ2v) is 11.1. The van der Waals surface area contributed by atoms with E-state index in [9.17, 15) is 14.3 Å². The van der Waals surface area contributed by atoms with Crippen LogP contribution in [-0.4, -0.2) is 82.2 Å². The minimum atomic E-state index is -0.714. The highest BCUT2D eigenvalue weighted by Crippen LogP contribution is 2.38. The summed E-state index contributed by atoms with van der Waals surface area (Å²) < 4.78 is 14.2. The summed E-state index contributed by atoms with van der Waals surface area (Å²) in [6.07, 6.45) is 9.93. The minimum Gasteiger partial charge on any atom is -0.480 e. The number of anilines is 1. The second kappa shape index (κ2) is 11.9. The quantitative estimate of drug-likeness (QED) is 0.513. The van der Waals surface area contributed by atoms with E-state index in [2.05, 4.69) is 31.6 Å². The molecular weight excluding hydrogens is 469 g/mol. The lowest BCUT2D eigenvalue weighted by Gasteiger charge is -2.39. The van der Waals surface area contributed by atoms with Gasteiger partial charge in [0, 0.05) is 63.6 Å². The lowest BCUT2D eigenvalue weighted by atomic mass is 9.80. The van der Waals surface area contributed by atoms with Crippen LogP contribution < -0.4 is 4.90 Å². The Morgan fingerprint density at radius 1 is 1.14 bits per heavy atom. The monoisotopic (exact) mass is 509 g/mol. The minimum absolute atomic E-state index is 0.140. The summed E-state index contributed by atoms with van der Waals surface area (Å²) in [5.41, 5.74) is 0.994. The van der Waals surface area contributed by atoms with Crippen molar-refractivity contribution in [1.82, 2.24) is 19.8 Å². The van der Waals surface area contributed by atoms with E-state index in [1.807, 2.05) is 12.1 Å². The summed E-state index contributed by atoms with van der Waals surface area (Å²) in [5.74, 6) is 0.814. The van der Waals surface area contributed by atoms with Crippen molar-refractivity contribution in [3.63, 3.8) is 0 Å². The van der Waals surface area contributed by atoms with Gasteiger partial charge in [0.05, 0.1) is 0 Å². The van der Waals surface area contributed by atoms with Crippen LogP contribution in [0.15, 0.2) is 42.7 Å². The topological polar surface area (TPSA) is 72.8 Å². The maximum absolute atomic E-state index is 14.2. The number of halogens is 1. The third-order valence-corrected chi connectivity index (χ3v) is 8.89. The Morgan fingerprint density at radius 2 is 1.89 bits per heavy atom. The van der Waals surface area contributed by atoms with Crippen LogP contribution in [0.25, 0.3) is 0 Å². The van der Waals surface area contributed by atoms with Gasteiger partial charge in [-0.15, -0.1) is 0 Å². The molecule has 7 nitrogen and oxygen atoms in total. The van der Waals surface area contributed by atoms with Crippen molar-refractivity contribution in [1.29, 1.82) is 0 Å². The van der Waals surface area contributed by atoms with Crippen LogP contribution >= 0.6 is 0 Å². The number of nitrogens with zero attached hydrogens (tertiary/aromatic N) is 5.